The van der Waals surface area contributed by atoms with Crippen molar-refractivity contribution in [1.82, 2.24) is 25.2 Å². The van der Waals surface area contributed by atoms with Crippen LogP contribution in [0.1, 0.15) is 32.9 Å². The maximum Gasteiger partial charge on any atom is 0.216 e. The third kappa shape index (κ3) is 4.48. The van der Waals surface area contributed by atoms with E-state index in [1.807, 2.05) is 0 Å². The highest BCUT2D eigenvalue weighted by Gasteiger charge is 2.23. The summed E-state index contributed by atoms with van der Waals surface area (Å²) in [6.45, 7) is 7.88. The van der Waals surface area contributed by atoms with Crippen LogP contribution in [0.4, 0.5) is 0 Å². The first-order chi connectivity index (χ1) is 9.91. The molecule has 0 aromatic carbocycles. The lowest BCUT2D eigenvalue weighted by Gasteiger charge is -2.15. The molecule has 0 unspecified atom stereocenters. The monoisotopic (exact) mass is 391 g/mol. The molecule has 0 radical (unpaired) electrons. The van der Waals surface area contributed by atoms with Gasteiger partial charge in [-0.2, -0.15) is 0 Å². The number of rotatable bonds is 6. The SMILES string of the molecule is COCCCn1nnnc1Sc1nc(C(C)(C)C)c(Br)s1. The molecule has 0 saturated carbocycles. The third-order valence-electron chi connectivity index (χ3n) is 2.67. The van der Waals surface area contributed by atoms with Crippen molar-refractivity contribution < 1.29 is 4.74 Å². The number of aromatic nitrogens is 5. The summed E-state index contributed by atoms with van der Waals surface area (Å²) < 4.78 is 8.84. The molecule has 0 fully saturated rings. The van der Waals surface area contributed by atoms with Crippen molar-refractivity contribution in [2.24, 2.45) is 0 Å². The fraction of sp³-hybridized carbons (Fsp3) is 0.667. The van der Waals surface area contributed by atoms with Gasteiger partial charge in [-0.3, -0.25) is 0 Å². The summed E-state index contributed by atoms with van der Waals surface area (Å²) >= 11 is 6.70. The van der Waals surface area contributed by atoms with Crippen LogP contribution in [0.25, 0.3) is 0 Å². The van der Waals surface area contributed by atoms with Gasteiger partial charge in [0, 0.05) is 25.7 Å². The molecular formula is C12H18BrN5OS2. The first-order valence-corrected chi connectivity index (χ1v) is 8.94. The number of hydrogen-bond donors (Lipinski definition) is 0. The number of tetrazole rings is 1. The van der Waals surface area contributed by atoms with E-state index in [0.29, 0.717) is 6.61 Å². The number of hydrogen-bond acceptors (Lipinski definition) is 7. The second-order valence-corrected chi connectivity index (χ2v) is 9.02. The summed E-state index contributed by atoms with van der Waals surface area (Å²) in [6, 6.07) is 0. The van der Waals surface area contributed by atoms with Crippen LogP contribution in [-0.4, -0.2) is 38.9 Å². The quantitative estimate of drug-likeness (QED) is 0.703. The van der Waals surface area contributed by atoms with Crippen LogP contribution in [0.2, 0.25) is 0 Å². The van der Waals surface area contributed by atoms with Crippen LogP contribution in [0, 0.1) is 0 Å². The van der Waals surface area contributed by atoms with Crippen LogP contribution in [0.3, 0.4) is 0 Å². The minimum atomic E-state index is 0.0124. The lowest BCUT2D eigenvalue weighted by molar-refractivity contribution is 0.187. The molecular weight excluding hydrogens is 374 g/mol. The third-order valence-corrected chi connectivity index (χ3v) is 5.41. The van der Waals surface area contributed by atoms with Crippen molar-refractivity contribution in [3.8, 4) is 0 Å². The fourth-order valence-electron chi connectivity index (χ4n) is 1.64. The molecule has 0 aliphatic rings. The highest BCUT2D eigenvalue weighted by Crippen LogP contribution is 2.39. The van der Waals surface area contributed by atoms with Gasteiger partial charge in [0.2, 0.25) is 5.16 Å². The van der Waals surface area contributed by atoms with E-state index in [-0.39, 0.29) is 5.41 Å². The van der Waals surface area contributed by atoms with Crippen molar-refractivity contribution >= 4 is 39.0 Å². The maximum absolute atomic E-state index is 5.05. The number of thiazole rings is 1. The molecule has 0 bridgehead atoms. The molecule has 6 nitrogen and oxygen atoms in total. The standard InChI is InChI=1S/C12H18BrN5OS2/c1-12(2,3)8-9(13)20-11(14-8)21-10-15-16-17-18(10)6-5-7-19-4/h5-7H2,1-4H3. The summed E-state index contributed by atoms with van der Waals surface area (Å²) in [5.74, 6) is 0. The van der Waals surface area contributed by atoms with Crippen LogP contribution in [0.15, 0.2) is 13.3 Å². The van der Waals surface area contributed by atoms with Crippen LogP contribution in [0.5, 0.6) is 0 Å². The van der Waals surface area contributed by atoms with E-state index in [0.717, 1.165) is 31.9 Å². The molecule has 0 spiro atoms. The predicted octanol–water partition coefficient (Wildman–Crippen LogP) is 3.38. The van der Waals surface area contributed by atoms with Crippen molar-refractivity contribution in [2.45, 2.75) is 48.6 Å². The van der Waals surface area contributed by atoms with Crippen molar-refractivity contribution in [3.63, 3.8) is 0 Å². The van der Waals surface area contributed by atoms with E-state index >= 15 is 0 Å². The Kier molecular flexibility index (Phi) is 5.75. The summed E-state index contributed by atoms with van der Waals surface area (Å²) in [5, 5.41) is 12.6. The number of nitrogens with zero attached hydrogens (tertiary/aromatic N) is 5. The molecule has 0 aliphatic carbocycles. The molecule has 2 aromatic rings. The van der Waals surface area contributed by atoms with Gasteiger partial charge in [-0.15, -0.1) is 5.10 Å². The second kappa shape index (κ2) is 7.17. The van der Waals surface area contributed by atoms with Gasteiger partial charge in [-0.05, 0) is 44.5 Å². The first-order valence-electron chi connectivity index (χ1n) is 6.51. The zero-order valence-corrected chi connectivity index (χ0v) is 15.7. The van der Waals surface area contributed by atoms with Gasteiger partial charge in [-0.1, -0.05) is 32.1 Å². The van der Waals surface area contributed by atoms with Gasteiger partial charge < -0.3 is 4.74 Å². The van der Waals surface area contributed by atoms with E-state index in [1.165, 1.54) is 11.8 Å². The molecule has 0 saturated heterocycles. The Balaban J connectivity index is 2.10. The highest BCUT2D eigenvalue weighted by atomic mass is 79.9. The van der Waals surface area contributed by atoms with E-state index in [1.54, 1.807) is 23.1 Å². The highest BCUT2D eigenvalue weighted by molar-refractivity contribution is 9.11. The Labute approximate surface area is 140 Å². The minimum Gasteiger partial charge on any atom is -0.385 e. The minimum absolute atomic E-state index is 0.0124. The molecule has 21 heavy (non-hydrogen) atoms. The number of aryl methyl sites for hydroxylation is 1. The smallest absolute Gasteiger partial charge is 0.216 e. The summed E-state index contributed by atoms with van der Waals surface area (Å²) in [6.07, 6.45) is 0.879. The Morgan fingerprint density at radius 1 is 1.38 bits per heavy atom. The summed E-state index contributed by atoms with van der Waals surface area (Å²) in [7, 11) is 1.69. The van der Waals surface area contributed by atoms with Crippen molar-refractivity contribution in [3.05, 3.63) is 9.48 Å². The van der Waals surface area contributed by atoms with E-state index < -0.39 is 0 Å². The molecule has 0 N–H and O–H groups in total. The van der Waals surface area contributed by atoms with Gasteiger partial charge in [0.25, 0.3) is 0 Å². The van der Waals surface area contributed by atoms with Crippen molar-refractivity contribution in [1.29, 1.82) is 0 Å². The Hall–Kier alpha value is -0.510. The topological polar surface area (TPSA) is 65.7 Å². The second-order valence-electron chi connectivity index (χ2n) is 5.49. The van der Waals surface area contributed by atoms with Crippen LogP contribution >= 0.6 is 39.0 Å². The molecule has 2 rings (SSSR count). The predicted molar refractivity (Wildman–Crippen MR) is 86.9 cm³/mol. The molecule has 0 atom stereocenters. The normalized spacial score (nSPS) is 12.0. The largest absolute Gasteiger partial charge is 0.385 e. The lowest BCUT2D eigenvalue weighted by Crippen LogP contribution is -2.12. The molecule has 0 amide bonds. The number of methoxy groups -OCH3 is 1. The Bertz CT molecular complexity index is 593. The first kappa shape index (κ1) is 16.9. The zero-order chi connectivity index (χ0) is 15.5. The fourth-order valence-corrected chi connectivity index (χ4v) is 5.08. The van der Waals surface area contributed by atoms with Crippen LogP contribution < -0.4 is 0 Å². The summed E-state index contributed by atoms with van der Waals surface area (Å²) in [4.78, 5) is 4.69. The average molecular weight is 392 g/mol. The molecule has 0 aliphatic heterocycles. The van der Waals surface area contributed by atoms with Gasteiger partial charge >= 0.3 is 0 Å². The number of ether oxygens (including phenoxy) is 1. The molecule has 116 valence electrons. The molecule has 2 aromatic heterocycles. The zero-order valence-electron chi connectivity index (χ0n) is 12.5. The molecule has 2 heterocycles. The van der Waals surface area contributed by atoms with E-state index in [4.69, 9.17) is 9.72 Å². The number of halogens is 1. The van der Waals surface area contributed by atoms with Gasteiger partial charge in [0.05, 0.1) is 9.48 Å². The Morgan fingerprint density at radius 3 is 2.76 bits per heavy atom. The van der Waals surface area contributed by atoms with Crippen molar-refractivity contribution in [2.75, 3.05) is 13.7 Å². The average Bonchev–Trinajstić information content (AvgIpc) is 2.97. The van der Waals surface area contributed by atoms with Gasteiger partial charge in [0.1, 0.15) is 0 Å². The van der Waals surface area contributed by atoms with Gasteiger partial charge in [-0.25, -0.2) is 9.67 Å². The van der Waals surface area contributed by atoms with Crippen LogP contribution in [-0.2, 0) is 16.7 Å². The summed E-state index contributed by atoms with van der Waals surface area (Å²) in [5.41, 5.74) is 1.08. The van der Waals surface area contributed by atoms with E-state index in [2.05, 4.69) is 52.2 Å². The van der Waals surface area contributed by atoms with Gasteiger partial charge in [0.15, 0.2) is 4.34 Å². The molecule has 9 heteroatoms. The maximum atomic E-state index is 5.05. The Morgan fingerprint density at radius 2 is 2.14 bits per heavy atom. The lowest BCUT2D eigenvalue weighted by atomic mass is 9.93. The van der Waals surface area contributed by atoms with E-state index in [9.17, 15) is 0 Å².